The molecule has 2 aromatic carbocycles. The maximum atomic E-state index is 12.0. The monoisotopic (exact) mass is 259 g/mol. The number of fused-ring (bicyclic) bond motifs is 1. The summed E-state index contributed by atoms with van der Waals surface area (Å²) in [7, 11) is 0. The lowest BCUT2D eigenvalue weighted by atomic mass is 10.2. The van der Waals surface area contributed by atoms with Gasteiger partial charge in [-0.05, 0) is 36.4 Å². The van der Waals surface area contributed by atoms with E-state index in [1.807, 2.05) is 6.07 Å². The minimum atomic E-state index is -0.210. The van der Waals surface area contributed by atoms with Crippen LogP contribution >= 0.6 is 11.6 Å². The molecule has 0 saturated heterocycles. The fourth-order valence-corrected chi connectivity index (χ4v) is 2.18. The smallest absolute Gasteiger partial charge is 0.331 e. The molecule has 3 N–H and O–H groups in total. The maximum absolute atomic E-state index is 12.0. The summed E-state index contributed by atoms with van der Waals surface area (Å²) in [5.41, 5.74) is 8.35. The van der Waals surface area contributed by atoms with E-state index >= 15 is 0 Å². The first-order valence-electron chi connectivity index (χ1n) is 5.41. The Kier molecular flexibility index (Phi) is 2.38. The molecule has 5 heteroatoms. The highest BCUT2D eigenvalue weighted by Gasteiger charge is 2.08. The van der Waals surface area contributed by atoms with Crippen molar-refractivity contribution in [2.24, 2.45) is 0 Å². The predicted molar refractivity (Wildman–Crippen MR) is 73.3 cm³/mol. The average Bonchev–Trinajstić information content (AvgIpc) is 2.64. The van der Waals surface area contributed by atoms with E-state index in [1.165, 1.54) is 0 Å². The maximum Gasteiger partial charge on any atom is 0.331 e. The lowest BCUT2D eigenvalue weighted by Gasteiger charge is -2.04. The van der Waals surface area contributed by atoms with Gasteiger partial charge in [-0.25, -0.2) is 4.79 Å². The van der Waals surface area contributed by atoms with Gasteiger partial charge < -0.3 is 10.7 Å². The van der Waals surface area contributed by atoms with E-state index in [9.17, 15) is 4.79 Å². The van der Waals surface area contributed by atoms with Gasteiger partial charge in [-0.1, -0.05) is 17.7 Å². The molecule has 0 amide bonds. The Balaban J connectivity index is 2.38. The van der Waals surface area contributed by atoms with Crippen molar-refractivity contribution in [2.45, 2.75) is 0 Å². The van der Waals surface area contributed by atoms with Crippen LogP contribution in [0, 0.1) is 0 Å². The summed E-state index contributed by atoms with van der Waals surface area (Å²) in [6.07, 6.45) is 0. The third kappa shape index (κ3) is 1.67. The third-order valence-electron chi connectivity index (χ3n) is 2.77. The second-order valence-electron chi connectivity index (χ2n) is 4.02. The molecular weight excluding hydrogens is 250 g/mol. The summed E-state index contributed by atoms with van der Waals surface area (Å²) in [5.74, 6) is 0. The standard InChI is InChI=1S/C13H10ClN3O/c14-8-2-1-3-10(6-8)17-12-7-9(15)4-5-11(12)16-13(17)18/h1-7H,15H2,(H,16,18). The average molecular weight is 260 g/mol. The normalized spacial score (nSPS) is 10.9. The number of nitrogens with one attached hydrogen (secondary N) is 1. The number of rotatable bonds is 1. The summed E-state index contributed by atoms with van der Waals surface area (Å²) < 4.78 is 1.55. The van der Waals surface area contributed by atoms with Crippen molar-refractivity contribution < 1.29 is 0 Å². The molecule has 0 bridgehead atoms. The molecule has 3 rings (SSSR count). The number of anilines is 1. The van der Waals surface area contributed by atoms with Crippen LogP contribution in [0.15, 0.2) is 47.3 Å². The van der Waals surface area contributed by atoms with E-state index in [2.05, 4.69) is 4.98 Å². The van der Waals surface area contributed by atoms with Crippen LogP contribution in [-0.2, 0) is 0 Å². The predicted octanol–water partition coefficient (Wildman–Crippen LogP) is 2.55. The zero-order valence-electron chi connectivity index (χ0n) is 9.35. The SMILES string of the molecule is Nc1ccc2[nH]c(=O)n(-c3cccc(Cl)c3)c2c1. The Bertz CT molecular complexity index is 788. The third-order valence-corrected chi connectivity index (χ3v) is 3.01. The van der Waals surface area contributed by atoms with Gasteiger partial charge in [-0.15, -0.1) is 0 Å². The van der Waals surface area contributed by atoms with E-state index < -0.39 is 0 Å². The zero-order valence-corrected chi connectivity index (χ0v) is 10.1. The van der Waals surface area contributed by atoms with Gasteiger partial charge in [0.05, 0.1) is 16.7 Å². The summed E-state index contributed by atoms with van der Waals surface area (Å²) in [6, 6.07) is 12.4. The minimum absolute atomic E-state index is 0.210. The molecule has 0 aliphatic heterocycles. The van der Waals surface area contributed by atoms with E-state index in [4.69, 9.17) is 17.3 Å². The summed E-state index contributed by atoms with van der Waals surface area (Å²) >= 11 is 5.95. The lowest BCUT2D eigenvalue weighted by molar-refractivity contribution is 1.02. The second-order valence-corrected chi connectivity index (χ2v) is 4.46. The zero-order chi connectivity index (χ0) is 12.7. The van der Waals surface area contributed by atoms with Gasteiger partial charge in [0.25, 0.3) is 0 Å². The largest absolute Gasteiger partial charge is 0.399 e. The van der Waals surface area contributed by atoms with E-state index in [0.29, 0.717) is 16.4 Å². The molecule has 3 aromatic rings. The first-order chi connectivity index (χ1) is 8.65. The van der Waals surface area contributed by atoms with Gasteiger partial charge in [0.15, 0.2) is 0 Å². The van der Waals surface area contributed by atoms with Gasteiger partial charge in [0, 0.05) is 10.7 Å². The Morgan fingerprint density at radius 1 is 1.17 bits per heavy atom. The van der Waals surface area contributed by atoms with Crippen molar-refractivity contribution in [2.75, 3.05) is 5.73 Å². The van der Waals surface area contributed by atoms with Crippen LogP contribution in [0.5, 0.6) is 0 Å². The number of benzene rings is 2. The first kappa shape index (κ1) is 10.9. The van der Waals surface area contributed by atoms with Crippen molar-refractivity contribution in [1.82, 2.24) is 9.55 Å². The van der Waals surface area contributed by atoms with Gasteiger partial charge in [-0.3, -0.25) is 4.57 Å². The number of nitrogen functional groups attached to an aromatic ring is 1. The van der Waals surface area contributed by atoms with Crippen LogP contribution in [0.1, 0.15) is 0 Å². The summed E-state index contributed by atoms with van der Waals surface area (Å²) in [5, 5.41) is 0.581. The molecule has 90 valence electrons. The Labute approximate surface area is 108 Å². The van der Waals surface area contributed by atoms with Crippen LogP contribution in [0.3, 0.4) is 0 Å². The summed E-state index contributed by atoms with van der Waals surface area (Å²) in [4.78, 5) is 14.8. The quantitative estimate of drug-likeness (QED) is 0.660. The van der Waals surface area contributed by atoms with Crippen LogP contribution in [0.4, 0.5) is 5.69 Å². The summed E-state index contributed by atoms with van der Waals surface area (Å²) in [6.45, 7) is 0. The van der Waals surface area contributed by atoms with Crippen molar-refractivity contribution in [3.8, 4) is 5.69 Å². The number of hydrogen-bond donors (Lipinski definition) is 2. The lowest BCUT2D eigenvalue weighted by Crippen LogP contribution is -2.14. The molecule has 0 aliphatic rings. The fraction of sp³-hybridized carbons (Fsp3) is 0. The molecule has 0 fully saturated rings. The second kappa shape index (κ2) is 3.92. The molecule has 0 radical (unpaired) electrons. The highest BCUT2D eigenvalue weighted by Crippen LogP contribution is 2.20. The van der Waals surface area contributed by atoms with Gasteiger partial charge in [0.1, 0.15) is 0 Å². The van der Waals surface area contributed by atoms with E-state index in [1.54, 1.807) is 41.0 Å². The molecule has 0 spiro atoms. The van der Waals surface area contributed by atoms with Crippen LogP contribution < -0.4 is 11.4 Å². The van der Waals surface area contributed by atoms with Gasteiger partial charge in [0.2, 0.25) is 0 Å². The number of nitrogens with zero attached hydrogens (tertiary/aromatic N) is 1. The fourth-order valence-electron chi connectivity index (χ4n) is 1.99. The number of aromatic nitrogens is 2. The number of imidazole rings is 1. The van der Waals surface area contributed by atoms with Crippen molar-refractivity contribution in [3.63, 3.8) is 0 Å². The number of nitrogens with two attached hydrogens (primary N) is 1. The number of hydrogen-bond acceptors (Lipinski definition) is 2. The molecule has 0 aliphatic carbocycles. The van der Waals surface area contributed by atoms with Crippen LogP contribution in [0.2, 0.25) is 5.02 Å². The number of aromatic amines is 1. The molecular formula is C13H10ClN3O. The van der Waals surface area contributed by atoms with E-state index in [0.717, 1.165) is 11.0 Å². The first-order valence-corrected chi connectivity index (χ1v) is 5.79. The topological polar surface area (TPSA) is 63.8 Å². The van der Waals surface area contributed by atoms with Crippen molar-refractivity contribution in [1.29, 1.82) is 0 Å². The molecule has 0 unspecified atom stereocenters. The molecule has 1 heterocycles. The van der Waals surface area contributed by atoms with Crippen LogP contribution in [0.25, 0.3) is 16.7 Å². The van der Waals surface area contributed by atoms with Crippen molar-refractivity contribution in [3.05, 3.63) is 58.0 Å². The number of H-pyrrole nitrogens is 1. The highest BCUT2D eigenvalue weighted by atomic mass is 35.5. The molecule has 1 aromatic heterocycles. The molecule has 0 atom stereocenters. The number of halogens is 1. The van der Waals surface area contributed by atoms with Crippen LogP contribution in [-0.4, -0.2) is 9.55 Å². The molecule has 18 heavy (non-hydrogen) atoms. The van der Waals surface area contributed by atoms with E-state index in [-0.39, 0.29) is 5.69 Å². The Hall–Kier alpha value is -2.20. The minimum Gasteiger partial charge on any atom is -0.399 e. The molecule has 4 nitrogen and oxygen atoms in total. The molecule has 0 saturated carbocycles. The van der Waals surface area contributed by atoms with Gasteiger partial charge in [-0.2, -0.15) is 0 Å². The Morgan fingerprint density at radius 2 is 2.00 bits per heavy atom. The highest BCUT2D eigenvalue weighted by molar-refractivity contribution is 6.30. The van der Waals surface area contributed by atoms with Crippen molar-refractivity contribution >= 4 is 28.3 Å². The Morgan fingerprint density at radius 3 is 2.78 bits per heavy atom. The van der Waals surface area contributed by atoms with Gasteiger partial charge >= 0.3 is 5.69 Å².